The van der Waals surface area contributed by atoms with Gasteiger partial charge in [0.15, 0.2) is 0 Å². The van der Waals surface area contributed by atoms with Crippen LogP contribution < -0.4 is 10.6 Å². The summed E-state index contributed by atoms with van der Waals surface area (Å²) in [5.74, 6) is 0.850. The molecule has 6 heteroatoms. The number of amides is 2. The lowest BCUT2D eigenvalue weighted by molar-refractivity contribution is 0.241. The monoisotopic (exact) mass is 197 g/mol. The van der Waals surface area contributed by atoms with E-state index in [9.17, 15) is 4.79 Å². The van der Waals surface area contributed by atoms with Crippen molar-refractivity contribution >= 4 is 6.03 Å². The van der Waals surface area contributed by atoms with Crippen LogP contribution in [0.25, 0.3) is 0 Å². The van der Waals surface area contributed by atoms with Crippen molar-refractivity contribution in [2.45, 2.75) is 19.8 Å². The average Bonchev–Trinajstić information content (AvgIpc) is 2.65. The summed E-state index contributed by atoms with van der Waals surface area (Å²) in [5, 5.41) is 11.9. The molecule has 0 aliphatic rings. The van der Waals surface area contributed by atoms with Crippen LogP contribution in [-0.4, -0.2) is 34.3 Å². The molecule has 0 atom stereocenters. The lowest BCUT2D eigenvalue weighted by Gasteiger charge is -2.04. The van der Waals surface area contributed by atoms with Crippen LogP contribution in [0.1, 0.15) is 19.2 Å². The molecule has 1 aromatic heterocycles. The van der Waals surface area contributed by atoms with Gasteiger partial charge in [-0.25, -0.2) is 9.78 Å². The Kier molecular flexibility index (Phi) is 4.46. The molecule has 1 rings (SSSR count). The smallest absolute Gasteiger partial charge is 0.314 e. The number of hydrogen-bond donors (Lipinski definition) is 3. The van der Waals surface area contributed by atoms with Crippen LogP contribution >= 0.6 is 0 Å². The van der Waals surface area contributed by atoms with Gasteiger partial charge in [-0.2, -0.15) is 5.10 Å². The number of aromatic amines is 1. The molecule has 0 aliphatic heterocycles. The minimum absolute atomic E-state index is 0.120. The summed E-state index contributed by atoms with van der Waals surface area (Å²) in [5.41, 5.74) is 0. The van der Waals surface area contributed by atoms with Gasteiger partial charge < -0.3 is 10.6 Å². The molecule has 1 aromatic rings. The fourth-order valence-corrected chi connectivity index (χ4v) is 1.03. The maximum absolute atomic E-state index is 10.9. The zero-order valence-corrected chi connectivity index (χ0v) is 8.21. The number of rotatable bonds is 5. The third-order valence-electron chi connectivity index (χ3n) is 1.68. The standard InChI is InChI=1S/C8H15N5O/c1-2-9-8(14)10-5-3-4-7-11-6-12-13-7/h6H,2-5H2,1H3,(H2,9,10,14)(H,11,12,13). The van der Waals surface area contributed by atoms with Gasteiger partial charge in [-0.05, 0) is 13.3 Å². The Morgan fingerprint density at radius 3 is 3.07 bits per heavy atom. The summed E-state index contributed by atoms with van der Waals surface area (Å²) in [7, 11) is 0. The van der Waals surface area contributed by atoms with Crippen molar-refractivity contribution in [3.8, 4) is 0 Å². The Balaban J connectivity index is 2.02. The second kappa shape index (κ2) is 5.95. The molecule has 0 saturated heterocycles. The minimum atomic E-state index is -0.120. The maximum Gasteiger partial charge on any atom is 0.314 e. The highest BCUT2D eigenvalue weighted by Crippen LogP contribution is 1.91. The lowest BCUT2D eigenvalue weighted by Crippen LogP contribution is -2.35. The molecular formula is C8H15N5O. The second-order valence-electron chi connectivity index (χ2n) is 2.82. The molecule has 6 nitrogen and oxygen atoms in total. The highest BCUT2D eigenvalue weighted by molar-refractivity contribution is 5.73. The quantitative estimate of drug-likeness (QED) is 0.583. The minimum Gasteiger partial charge on any atom is -0.338 e. The zero-order chi connectivity index (χ0) is 10.2. The van der Waals surface area contributed by atoms with Crippen LogP contribution in [-0.2, 0) is 6.42 Å². The summed E-state index contributed by atoms with van der Waals surface area (Å²) >= 11 is 0. The largest absolute Gasteiger partial charge is 0.338 e. The van der Waals surface area contributed by atoms with E-state index in [1.165, 1.54) is 6.33 Å². The van der Waals surface area contributed by atoms with E-state index in [1.54, 1.807) is 0 Å². The fraction of sp³-hybridized carbons (Fsp3) is 0.625. The first-order chi connectivity index (χ1) is 6.83. The molecule has 3 N–H and O–H groups in total. The molecule has 0 bridgehead atoms. The van der Waals surface area contributed by atoms with Gasteiger partial charge in [0.1, 0.15) is 12.2 Å². The number of aryl methyl sites for hydroxylation is 1. The highest BCUT2D eigenvalue weighted by Gasteiger charge is 1.98. The molecule has 0 fully saturated rings. The molecule has 0 saturated carbocycles. The number of aromatic nitrogens is 3. The summed E-state index contributed by atoms with van der Waals surface area (Å²) in [4.78, 5) is 14.9. The Bertz CT molecular complexity index is 259. The van der Waals surface area contributed by atoms with Gasteiger partial charge in [0.05, 0.1) is 0 Å². The van der Waals surface area contributed by atoms with Crippen molar-refractivity contribution in [1.82, 2.24) is 25.8 Å². The molecule has 0 aliphatic carbocycles. The molecule has 0 unspecified atom stereocenters. The predicted octanol–water partition coefficient (Wildman–Crippen LogP) is 0.0564. The van der Waals surface area contributed by atoms with E-state index in [4.69, 9.17) is 0 Å². The Hall–Kier alpha value is -1.59. The van der Waals surface area contributed by atoms with Crippen LogP contribution in [0.3, 0.4) is 0 Å². The Labute approximate surface area is 82.5 Å². The first-order valence-corrected chi connectivity index (χ1v) is 4.69. The number of carbonyl (C=O) groups is 1. The van der Waals surface area contributed by atoms with Gasteiger partial charge in [-0.3, -0.25) is 5.10 Å². The van der Waals surface area contributed by atoms with Crippen molar-refractivity contribution in [2.75, 3.05) is 13.1 Å². The first kappa shape index (κ1) is 10.5. The van der Waals surface area contributed by atoms with E-state index < -0.39 is 0 Å². The molecule has 0 aromatic carbocycles. The number of H-pyrrole nitrogens is 1. The molecular weight excluding hydrogens is 182 g/mol. The van der Waals surface area contributed by atoms with Gasteiger partial charge in [0, 0.05) is 19.5 Å². The van der Waals surface area contributed by atoms with Crippen LogP contribution in [0.5, 0.6) is 0 Å². The van der Waals surface area contributed by atoms with E-state index in [1.807, 2.05) is 6.92 Å². The summed E-state index contributed by atoms with van der Waals surface area (Å²) in [6.45, 7) is 3.18. The predicted molar refractivity (Wildman–Crippen MR) is 51.8 cm³/mol. The normalized spacial score (nSPS) is 9.79. The van der Waals surface area contributed by atoms with Gasteiger partial charge in [0.25, 0.3) is 0 Å². The molecule has 0 spiro atoms. The Morgan fingerprint density at radius 1 is 1.57 bits per heavy atom. The van der Waals surface area contributed by atoms with E-state index >= 15 is 0 Å². The van der Waals surface area contributed by atoms with E-state index in [0.717, 1.165) is 18.7 Å². The SMILES string of the molecule is CCNC(=O)NCCCc1ncn[nH]1. The van der Waals surface area contributed by atoms with E-state index in [-0.39, 0.29) is 6.03 Å². The van der Waals surface area contributed by atoms with Crippen LogP contribution in [0.15, 0.2) is 6.33 Å². The van der Waals surface area contributed by atoms with Crippen molar-refractivity contribution in [1.29, 1.82) is 0 Å². The number of urea groups is 1. The van der Waals surface area contributed by atoms with Gasteiger partial charge in [-0.15, -0.1) is 0 Å². The summed E-state index contributed by atoms with van der Waals surface area (Å²) in [6.07, 6.45) is 3.13. The highest BCUT2D eigenvalue weighted by atomic mass is 16.2. The van der Waals surface area contributed by atoms with Gasteiger partial charge in [-0.1, -0.05) is 0 Å². The number of carbonyl (C=O) groups excluding carboxylic acids is 1. The van der Waals surface area contributed by atoms with E-state index in [2.05, 4.69) is 25.8 Å². The van der Waals surface area contributed by atoms with Crippen molar-refractivity contribution in [3.63, 3.8) is 0 Å². The van der Waals surface area contributed by atoms with Gasteiger partial charge >= 0.3 is 6.03 Å². The third kappa shape index (κ3) is 3.88. The van der Waals surface area contributed by atoms with Crippen molar-refractivity contribution in [3.05, 3.63) is 12.2 Å². The van der Waals surface area contributed by atoms with Crippen molar-refractivity contribution in [2.24, 2.45) is 0 Å². The zero-order valence-electron chi connectivity index (χ0n) is 8.21. The molecule has 14 heavy (non-hydrogen) atoms. The van der Waals surface area contributed by atoms with Crippen LogP contribution in [0, 0.1) is 0 Å². The fourth-order valence-electron chi connectivity index (χ4n) is 1.03. The van der Waals surface area contributed by atoms with Crippen molar-refractivity contribution < 1.29 is 4.79 Å². The Morgan fingerprint density at radius 2 is 2.43 bits per heavy atom. The summed E-state index contributed by atoms with van der Waals surface area (Å²) < 4.78 is 0. The average molecular weight is 197 g/mol. The van der Waals surface area contributed by atoms with Crippen LogP contribution in [0.4, 0.5) is 4.79 Å². The molecule has 78 valence electrons. The third-order valence-corrected chi connectivity index (χ3v) is 1.68. The molecule has 2 amide bonds. The first-order valence-electron chi connectivity index (χ1n) is 4.69. The topological polar surface area (TPSA) is 82.7 Å². The lowest BCUT2D eigenvalue weighted by atomic mass is 10.3. The van der Waals surface area contributed by atoms with Gasteiger partial charge in [0.2, 0.25) is 0 Å². The molecule has 0 radical (unpaired) electrons. The van der Waals surface area contributed by atoms with E-state index in [0.29, 0.717) is 13.1 Å². The number of nitrogens with zero attached hydrogens (tertiary/aromatic N) is 2. The molecule has 1 heterocycles. The second-order valence-corrected chi connectivity index (χ2v) is 2.82. The summed E-state index contributed by atoms with van der Waals surface area (Å²) in [6, 6.07) is -0.120. The number of hydrogen-bond acceptors (Lipinski definition) is 3. The maximum atomic E-state index is 10.9. The number of nitrogens with one attached hydrogen (secondary N) is 3. The van der Waals surface area contributed by atoms with Crippen LogP contribution in [0.2, 0.25) is 0 Å².